The number of nitrogens with zero attached hydrogens (tertiary/aromatic N) is 2. The van der Waals surface area contributed by atoms with Gasteiger partial charge in [0.15, 0.2) is 0 Å². The number of nitrogens with one attached hydrogen (secondary N) is 1. The zero-order valence-corrected chi connectivity index (χ0v) is 13.2. The number of carboxylic acid groups (broad SMARTS) is 1. The Hall–Kier alpha value is -1.19. The number of rotatable bonds is 7. The second kappa shape index (κ2) is 7.71. The number of hydrogen-bond donors (Lipinski definition) is 2. The second-order valence-corrected chi connectivity index (χ2v) is 6.85. The molecule has 1 fully saturated rings. The van der Waals surface area contributed by atoms with Crippen LogP contribution in [-0.2, 0) is 19.8 Å². The average Bonchev–Trinajstić information content (AvgIpc) is 2.45. The van der Waals surface area contributed by atoms with Crippen molar-refractivity contribution in [1.29, 1.82) is 0 Å². The standard InChI is InChI=1S/C12H23N3O5S/c1-3-13-11(16)9-14(4-2)21(19,20)15-7-5-6-10(8-15)12(17)18/h10H,3-9H2,1-2H3,(H,13,16)(H,17,18). The molecule has 9 heteroatoms. The van der Waals surface area contributed by atoms with Crippen molar-refractivity contribution >= 4 is 22.1 Å². The number of carbonyl (C=O) groups is 2. The molecule has 1 unspecified atom stereocenters. The smallest absolute Gasteiger partial charge is 0.307 e. The van der Waals surface area contributed by atoms with E-state index in [2.05, 4.69) is 5.32 Å². The van der Waals surface area contributed by atoms with Crippen LogP contribution >= 0.6 is 0 Å². The van der Waals surface area contributed by atoms with Crippen molar-refractivity contribution in [3.63, 3.8) is 0 Å². The van der Waals surface area contributed by atoms with E-state index in [9.17, 15) is 18.0 Å². The molecule has 8 nitrogen and oxygen atoms in total. The average molecular weight is 321 g/mol. The first-order valence-electron chi connectivity index (χ1n) is 7.07. The van der Waals surface area contributed by atoms with Crippen LogP contribution in [0.4, 0.5) is 0 Å². The molecular weight excluding hydrogens is 298 g/mol. The van der Waals surface area contributed by atoms with Crippen molar-refractivity contribution in [2.75, 3.05) is 32.7 Å². The van der Waals surface area contributed by atoms with Crippen molar-refractivity contribution in [3.05, 3.63) is 0 Å². The molecule has 1 heterocycles. The van der Waals surface area contributed by atoms with Gasteiger partial charge in [0.05, 0.1) is 12.5 Å². The van der Waals surface area contributed by atoms with E-state index in [1.165, 1.54) is 0 Å². The number of hydrogen-bond acceptors (Lipinski definition) is 4. The molecule has 0 saturated carbocycles. The molecule has 122 valence electrons. The molecule has 0 bridgehead atoms. The quantitative estimate of drug-likeness (QED) is 0.656. The van der Waals surface area contributed by atoms with Crippen molar-refractivity contribution < 1.29 is 23.1 Å². The molecule has 0 spiro atoms. The highest BCUT2D eigenvalue weighted by molar-refractivity contribution is 7.86. The van der Waals surface area contributed by atoms with E-state index in [-0.39, 0.29) is 32.1 Å². The summed E-state index contributed by atoms with van der Waals surface area (Å²) in [4.78, 5) is 22.6. The van der Waals surface area contributed by atoms with Gasteiger partial charge in [-0.15, -0.1) is 0 Å². The van der Waals surface area contributed by atoms with E-state index in [4.69, 9.17) is 5.11 Å². The highest BCUT2D eigenvalue weighted by Crippen LogP contribution is 2.21. The van der Waals surface area contributed by atoms with Crippen LogP contribution in [0, 0.1) is 5.92 Å². The Kier molecular flexibility index (Phi) is 6.56. The lowest BCUT2D eigenvalue weighted by Crippen LogP contribution is -2.51. The van der Waals surface area contributed by atoms with Crippen LogP contribution in [0.15, 0.2) is 0 Å². The molecule has 1 rings (SSSR count). The monoisotopic (exact) mass is 321 g/mol. The predicted molar refractivity (Wildman–Crippen MR) is 76.8 cm³/mol. The van der Waals surface area contributed by atoms with Gasteiger partial charge in [0.1, 0.15) is 0 Å². The zero-order valence-electron chi connectivity index (χ0n) is 12.4. The third-order valence-corrected chi connectivity index (χ3v) is 5.46. The maximum Gasteiger partial charge on any atom is 0.307 e. The molecule has 1 atom stereocenters. The Bertz CT molecular complexity index is 479. The predicted octanol–water partition coefficient (Wildman–Crippen LogP) is -0.514. The number of amides is 1. The Morgan fingerprint density at radius 1 is 1.38 bits per heavy atom. The maximum atomic E-state index is 12.5. The highest BCUT2D eigenvalue weighted by Gasteiger charge is 2.35. The first kappa shape index (κ1) is 17.9. The second-order valence-electron chi connectivity index (χ2n) is 4.92. The summed E-state index contributed by atoms with van der Waals surface area (Å²) in [5, 5.41) is 11.6. The minimum absolute atomic E-state index is 0.0381. The van der Waals surface area contributed by atoms with Gasteiger partial charge in [0.2, 0.25) is 5.91 Å². The van der Waals surface area contributed by atoms with Crippen molar-refractivity contribution in [2.45, 2.75) is 26.7 Å². The maximum absolute atomic E-state index is 12.5. The fraction of sp³-hybridized carbons (Fsp3) is 0.833. The van der Waals surface area contributed by atoms with Gasteiger partial charge in [-0.1, -0.05) is 6.92 Å². The normalized spacial score (nSPS) is 20.4. The molecule has 1 amide bonds. The Morgan fingerprint density at radius 2 is 2.05 bits per heavy atom. The zero-order chi connectivity index (χ0) is 16.0. The van der Waals surface area contributed by atoms with E-state index < -0.39 is 22.1 Å². The molecule has 1 aliphatic rings. The Morgan fingerprint density at radius 3 is 2.57 bits per heavy atom. The van der Waals surface area contributed by atoms with Crippen LogP contribution in [0.25, 0.3) is 0 Å². The molecule has 1 saturated heterocycles. The van der Waals surface area contributed by atoms with Gasteiger partial charge in [-0.25, -0.2) is 0 Å². The molecule has 21 heavy (non-hydrogen) atoms. The van der Waals surface area contributed by atoms with Crippen molar-refractivity contribution in [1.82, 2.24) is 13.9 Å². The van der Waals surface area contributed by atoms with Crippen LogP contribution in [0.5, 0.6) is 0 Å². The fourth-order valence-electron chi connectivity index (χ4n) is 2.29. The highest BCUT2D eigenvalue weighted by atomic mass is 32.2. The number of piperidine rings is 1. The van der Waals surface area contributed by atoms with Crippen LogP contribution in [0.1, 0.15) is 26.7 Å². The van der Waals surface area contributed by atoms with Gasteiger partial charge in [0.25, 0.3) is 10.2 Å². The van der Waals surface area contributed by atoms with Gasteiger partial charge in [-0.05, 0) is 19.8 Å². The summed E-state index contributed by atoms with van der Waals surface area (Å²) in [6.45, 7) is 4.00. The van der Waals surface area contributed by atoms with Crippen LogP contribution < -0.4 is 5.32 Å². The lowest BCUT2D eigenvalue weighted by molar-refractivity contribution is -0.143. The molecule has 0 aromatic rings. The van der Waals surface area contributed by atoms with Gasteiger partial charge in [-0.3, -0.25) is 9.59 Å². The van der Waals surface area contributed by atoms with Crippen LogP contribution in [0.3, 0.4) is 0 Å². The topological polar surface area (TPSA) is 107 Å². The number of carbonyl (C=O) groups excluding carboxylic acids is 1. The first-order valence-corrected chi connectivity index (χ1v) is 8.47. The summed E-state index contributed by atoms with van der Waals surface area (Å²) in [5.41, 5.74) is 0. The van der Waals surface area contributed by atoms with Gasteiger partial charge >= 0.3 is 5.97 Å². The number of aliphatic carboxylic acids is 1. The summed E-state index contributed by atoms with van der Waals surface area (Å²) in [7, 11) is -3.81. The van der Waals surface area contributed by atoms with E-state index in [0.717, 1.165) is 8.61 Å². The molecule has 2 N–H and O–H groups in total. The summed E-state index contributed by atoms with van der Waals surface area (Å²) < 4.78 is 27.2. The molecule has 1 aliphatic heterocycles. The van der Waals surface area contributed by atoms with Crippen molar-refractivity contribution in [2.24, 2.45) is 5.92 Å². The summed E-state index contributed by atoms with van der Waals surface area (Å²) >= 11 is 0. The van der Waals surface area contributed by atoms with Gasteiger partial charge in [-0.2, -0.15) is 17.0 Å². The Balaban J connectivity index is 2.81. The molecule has 0 aromatic carbocycles. The van der Waals surface area contributed by atoms with E-state index in [1.54, 1.807) is 13.8 Å². The molecule has 0 aromatic heterocycles. The lowest BCUT2D eigenvalue weighted by Gasteiger charge is -2.33. The summed E-state index contributed by atoms with van der Waals surface area (Å²) in [6, 6.07) is 0. The number of likely N-dealkylation sites (N-methyl/N-ethyl adjacent to an activating group) is 2. The fourth-order valence-corrected chi connectivity index (χ4v) is 3.95. The Labute approximate surface area is 125 Å². The van der Waals surface area contributed by atoms with Gasteiger partial charge in [0, 0.05) is 26.2 Å². The molecule has 0 aliphatic carbocycles. The largest absolute Gasteiger partial charge is 0.481 e. The SMILES string of the molecule is CCNC(=O)CN(CC)S(=O)(=O)N1CCCC(C(=O)O)C1. The summed E-state index contributed by atoms with van der Waals surface area (Å²) in [5.74, 6) is -2.03. The summed E-state index contributed by atoms with van der Waals surface area (Å²) in [6.07, 6.45) is 0.985. The van der Waals surface area contributed by atoms with E-state index in [1.807, 2.05) is 0 Å². The van der Waals surface area contributed by atoms with Crippen molar-refractivity contribution in [3.8, 4) is 0 Å². The minimum atomic E-state index is -3.81. The van der Waals surface area contributed by atoms with Gasteiger partial charge < -0.3 is 10.4 Å². The number of carboxylic acids is 1. The van der Waals surface area contributed by atoms with E-state index in [0.29, 0.717) is 19.4 Å². The third-order valence-electron chi connectivity index (χ3n) is 3.43. The lowest BCUT2D eigenvalue weighted by atomic mass is 10.0. The minimum Gasteiger partial charge on any atom is -0.481 e. The molecular formula is C12H23N3O5S. The molecule has 0 radical (unpaired) electrons. The third kappa shape index (κ3) is 4.65. The van der Waals surface area contributed by atoms with Crippen LogP contribution in [-0.4, -0.2) is 66.7 Å². The van der Waals surface area contributed by atoms with Crippen LogP contribution in [0.2, 0.25) is 0 Å². The first-order chi connectivity index (χ1) is 9.82. The van der Waals surface area contributed by atoms with E-state index >= 15 is 0 Å².